The quantitative estimate of drug-likeness (QED) is 0.477. The first kappa shape index (κ1) is 6.55. The van der Waals surface area contributed by atoms with Gasteiger partial charge in [0.15, 0.2) is 0 Å². The molecule has 1 aliphatic rings. The first-order valence-electron chi connectivity index (χ1n) is 3.21. The molecule has 1 aliphatic heterocycles. The number of amidine groups is 1. The standard InChI is InChI=1S/C6H13N3/c1-7-6-5-9(2)4-3-8-6/h3-5H2,1-2H3,(H,7,8). The van der Waals surface area contributed by atoms with E-state index >= 15 is 0 Å². The lowest BCUT2D eigenvalue weighted by atomic mass is 10.4. The van der Waals surface area contributed by atoms with Crippen LogP contribution in [0.2, 0.25) is 0 Å². The average Bonchev–Trinajstić information content (AvgIpc) is 1.88. The highest BCUT2D eigenvalue weighted by Crippen LogP contribution is 1.88. The minimum atomic E-state index is 0.969. The predicted molar refractivity (Wildman–Crippen MR) is 38.9 cm³/mol. The van der Waals surface area contributed by atoms with Crippen LogP contribution in [0, 0.1) is 0 Å². The zero-order valence-electron chi connectivity index (χ0n) is 6.02. The lowest BCUT2D eigenvalue weighted by Crippen LogP contribution is -2.45. The first-order chi connectivity index (χ1) is 4.33. The summed E-state index contributed by atoms with van der Waals surface area (Å²) in [5, 5.41) is 3.21. The second-order valence-electron chi connectivity index (χ2n) is 2.33. The van der Waals surface area contributed by atoms with Crippen LogP contribution in [-0.4, -0.2) is 44.5 Å². The van der Waals surface area contributed by atoms with Crippen molar-refractivity contribution in [1.82, 2.24) is 10.2 Å². The summed E-state index contributed by atoms with van der Waals surface area (Å²) in [6, 6.07) is 0. The van der Waals surface area contributed by atoms with Crippen LogP contribution in [0.4, 0.5) is 0 Å². The third-order valence-corrected chi connectivity index (χ3v) is 1.51. The summed E-state index contributed by atoms with van der Waals surface area (Å²) in [5.41, 5.74) is 0. The van der Waals surface area contributed by atoms with Gasteiger partial charge in [0.1, 0.15) is 5.84 Å². The maximum Gasteiger partial charge on any atom is 0.110 e. The second kappa shape index (κ2) is 2.82. The van der Waals surface area contributed by atoms with E-state index in [4.69, 9.17) is 0 Å². The summed E-state index contributed by atoms with van der Waals surface area (Å²) in [6.07, 6.45) is 0. The van der Waals surface area contributed by atoms with E-state index in [1.54, 1.807) is 0 Å². The van der Waals surface area contributed by atoms with Crippen molar-refractivity contribution in [3.63, 3.8) is 0 Å². The van der Waals surface area contributed by atoms with Crippen LogP contribution in [0.3, 0.4) is 0 Å². The molecule has 3 nitrogen and oxygen atoms in total. The van der Waals surface area contributed by atoms with Gasteiger partial charge in [-0.05, 0) is 7.05 Å². The molecule has 1 fully saturated rings. The average molecular weight is 127 g/mol. The van der Waals surface area contributed by atoms with Crippen molar-refractivity contribution in [3.05, 3.63) is 0 Å². The van der Waals surface area contributed by atoms with E-state index in [1.165, 1.54) is 0 Å². The van der Waals surface area contributed by atoms with Gasteiger partial charge in [0.05, 0.1) is 6.54 Å². The van der Waals surface area contributed by atoms with Crippen LogP contribution in [0.15, 0.2) is 4.99 Å². The van der Waals surface area contributed by atoms with Gasteiger partial charge in [-0.25, -0.2) is 0 Å². The van der Waals surface area contributed by atoms with Crippen molar-refractivity contribution in [1.29, 1.82) is 0 Å². The van der Waals surface area contributed by atoms with Gasteiger partial charge in [0, 0.05) is 20.1 Å². The lowest BCUT2D eigenvalue weighted by molar-refractivity contribution is 0.359. The maximum absolute atomic E-state index is 4.06. The highest BCUT2D eigenvalue weighted by atomic mass is 15.2. The Balaban J connectivity index is 2.41. The van der Waals surface area contributed by atoms with E-state index in [0.717, 1.165) is 25.5 Å². The normalized spacial score (nSPS) is 26.2. The number of piperazine rings is 1. The van der Waals surface area contributed by atoms with E-state index in [2.05, 4.69) is 22.3 Å². The van der Waals surface area contributed by atoms with Gasteiger partial charge in [-0.15, -0.1) is 0 Å². The molecular formula is C6H13N3. The largest absolute Gasteiger partial charge is 0.371 e. The van der Waals surface area contributed by atoms with E-state index < -0.39 is 0 Å². The molecule has 0 unspecified atom stereocenters. The lowest BCUT2D eigenvalue weighted by Gasteiger charge is -2.24. The van der Waals surface area contributed by atoms with E-state index in [0.29, 0.717) is 0 Å². The number of hydrogen-bond acceptors (Lipinski definition) is 2. The second-order valence-corrected chi connectivity index (χ2v) is 2.33. The van der Waals surface area contributed by atoms with Crippen LogP contribution >= 0.6 is 0 Å². The molecule has 0 spiro atoms. The molecule has 0 saturated carbocycles. The van der Waals surface area contributed by atoms with Crippen molar-refractivity contribution in [2.24, 2.45) is 4.99 Å². The molecule has 0 amide bonds. The van der Waals surface area contributed by atoms with Crippen LogP contribution < -0.4 is 5.32 Å². The maximum atomic E-state index is 4.06. The fraction of sp³-hybridized carbons (Fsp3) is 0.833. The summed E-state index contributed by atoms with van der Waals surface area (Å²) < 4.78 is 0. The molecule has 9 heavy (non-hydrogen) atoms. The first-order valence-corrected chi connectivity index (χ1v) is 3.21. The SMILES string of the molecule is CN=C1CN(C)CCN1. The van der Waals surface area contributed by atoms with E-state index in [1.807, 2.05) is 7.05 Å². The summed E-state index contributed by atoms with van der Waals surface area (Å²) in [5.74, 6) is 1.10. The number of rotatable bonds is 0. The fourth-order valence-corrected chi connectivity index (χ4v) is 0.931. The topological polar surface area (TPSA) is 27.6 Å². The monoisotopic (exact) mass is 127 g/mol. The van der Waals surface area contributed by atoms with Gasteiger partial charge < -0.3 is 5.32 Å². The highest BCUT2D eigenvalue weighted by molar-refractivity contribution is 5.84. The van der Waals surface area contributed by atoms with Crippen LogP contribution in [0.25, 0.3) is 0 Å². The highest BCUT2D eigenvalue weighted by Gasteiger charge is 2.08. The van der Waals surface area contributed by atoms with E-state index in [-0.39, 0.29) is 0 Å². The van der Waals surface area contributed by atoms with Gasteiger partial charge >= 0.3 is 0 Å². The Kier molecular flexibility index (Phi) is 2.05. The van der Waals surface area contributed by atoms with Crippen molar-refractivity contribution >= 4 is 5.84 Å². The summed E-state index contributed by atoms with van der Waals surface area (Å²) in [6.45, 7) is 3.12. The molecular weight excluding hydrogens is 114 g/mol. The molecule has 3 heteroatoms. The Hall–Kier alpha value is -0.570. The summed E-state index contributed by atoms with van der Waals surface area (Å²) >= 11 is 0. The Morgan fingerprint density at radius 1 is 1.67 bits per heavy atom. The third-order valence-electron chi connectivity index (χ3n) is 1.51. The molecule has 1 heterocycles. The Morgan fingerprint density at radius 3 is 2.89 bits per heavy atom. The minimum absolute atomic E-state index is 0.969. The Morgan fingerprint density at radius 2 is 2.44 bits per heavy atom. The zero-order valence-corrected chi connectivity index (χ0v) is 6.02. The fourth-order valence-electron chi connectivity index (χ4n) is 0.931. The van der Waals surface area contributed by atoms with Gasteiger partial charge in [0.25, 0.3) is 0 Å². The summed E-state index contributed by atoms with van der Waals surface area (Å²) in [7, 11) is 3.92. The number of aliphatic imine (C=N–C) groups is 1. The van der Waals surface area contributed by atoms with Gasteiger partial charge in [0.2, 0.25) is 0 Å². The van der Waals surface area contributed by atoms with Crippen molar-refractivity contribution in [2.75, 3.05) is 33.7 Å². The zero-order chi connectivity index (χ0) is 6.69. The number of nitrogens with one attached hydrogen (secondary N) is 1. The van der Waals surface area contributed by atoms with Gasteiger partial charge in [-0.2, -0.15) is 0 Å². The molecule has 1 N–H and O–H groups in total. The van der Waals surface area contributed by atoms with E-state index in [9.17, 15) is 0 Å². The van der Waals surface area contributed by atoms with Crippen LogP contribution in [0.1, 0.15) is 0 Å². The van der Waals surface area contributed by atoms with Crippen LogP contribution in [0.5, 0.6) is 0 Å². The summed E-state index contributed by atoms with van der Waals surface area (Å²) in [4.78, 5) is 6.31. The molecule has 52 valence electrons. The molecule has 0 aromatic carbocycles. The van der Waals surface area contributed by atoms with Crippen molar-refractivity contribution in [3.8, 4) is 0 Å². The van der Waals surface area contributed by atoms with Gasteiger partial charge in [-0.3, -0.25) is 9.89 Å². The molecule has 0 aliphatic carbocycles. The van der Waals surface area contributed by atoms with Crippen molar-refractivity contribution in [2.45, 2.75) is 0 Å². The number of likely N-dealkylation sites (N-methyl/N-ethyl adjacent to an activating group) is 1. The van der Waals surface area contributed by atoms with Crippen molar-refractivity contribution < 1.29 is 0 Å². The molecule has 0 aromatic heterocycles. The van der Waals surface area contributed by atoms with Gasteiger partial charge in [-0.1, -0.05) is 0 Å². The molecule has 1 saturated heterocycles. The molecule has 0 radical (unpaired) electrons. The Labute approximate surface area is 55.8 Å². The smallest absolute Gasteiger partial charge is 0.110 e. The number of hydrogen-bond donors (Lipinski definition) is 1. The minimum Gasteiger partial charge on any atom is -0.371 e. The molecule has 1 rings (SSSR count). The molecule has 0 aromatic rings. The number of nitrogens with zero attached hydrogens (tertiary/aromatic N) is 2. The molecule has 0 bridgehead atoms. The third kappa shape index (κ3) is 1.68. The van der Waals surface area contributed by atoms with Crippen LogP contribution in [-0.2, 0) is 0 Å². The predicted octanol–water partition coefficient (Wildman–Crippen LogP) is -0.450. The Bertz CT molecular complexity index is 119. The molecule has 0 atom stereocenters.